The third-order valence-corrected chi connectivity index (χ3v) is 10.5. The van der Waals surface area contributed by atoms with Crippen molar-refractivity contribution < 1.29 is 17.9 Å². The lowest BCUT2D eigenvalue weighted by Gasteiger charge is -2.27. The second kappa shape index (κ2) is 13.5. The molecule has 4 rings (SSSR count). The van der Waals surface area contributed by atoms with E-state index in [0.717, 1.165) is 67.9 Å². The fourth-order valence-electron chi connectivity index (χ4n) is 4.62. The van der Waals surface area contributed by atoms with Gasteiger partial charge in [-0.05, 0) is 61.7 Å². The molecule has 0 bridgehead atoms. The fourth-order valence-corrected chi connectivity index (χ4v) is 7.31. The third-order valence-electron chi connectivity index (χ3n) is 7.03. The van der Waals surface area contributed by atoms with Crippen molar-refractivity contribution in [3.05, 3.63) is 52.5 Å². The molecular weight excluding hydrogens is 556 g/mol. The Labute approximate surface area is 240 Å². The number of aryl methyl sites for hydroxylation is 1. The molecule has 11 heteroatoms. The summed E-state index contributed by atoms with van der Waals surface area (Å²) in [4.78, 5) is 22.9. The van der Waals surface area contributed by atoms with Crippen LogP contribution in [0.5, 0.6) is 0 Å². The Morgan fingerprint density at radius 2 is 1.79 bits per heavy atom. The summed E-state index contributed by atoms with van der Waals surface area (Å²) >= 11 is 7.79. The SMILES string of the molecule is CCCCN(CC)S(=O)(=O)c1ccc(C(=O)N(CCCN2CCOCC2)c2nc3c(C)c(Cl)ccc3s2)cc1. The van der Waals surface area contributed by atoms with Crippen molar-refractivity contribution in [3.63, 3.8) is 0 Å². The number of rotatable bonds is 12. The number of ether oxygens (including phenoxy) is 1. The van der Waals surface area contributed by atoms with Gasteiger partial charge in [-0.15, -0.1) is 0 Å². The molecule has 212 valence electrons. The van der Waals surface area contributed by atoms with Gasteiger partial charge < -0.3 is 4.74 Å². The Bertz CT molecular complexity index is 1370. The first-order chi connectivity index (χ1) is 18.8. The first-order valence-corrected chi connectivity index (χ1v) is 16.2. The molecule has 1 aliphatic heterocycles. The molecule has 0 atom stereocenters. The van der Waals surface area contributed by atoms with E-state index < -0.39 is 10.0 Å². The van der Waals surface area contributed by atoms with Crippen LogP contribution in [0.2, 0.25) is 5.02 Å². The molecular formula is C28H37ClN4O4S2. The Kier molecular flexibility index (Phi) is 10.4. The molecule has 1 aromatic heterocycles. The maximum atomic E-state index is 13.8. The zero-order valence-corrected chi connectivity index (χ0v) is 25.2. The number of unbranched alkanes of at least 4 members (excludes halogenated alkanes) is 1. The number of halogens is 1. The van der Waals surface area contributed by atoms with Crippen molar-refractivity contribution in [2.24, 2.45) is 0 Å². The zero-order chi connectivity index (χ0) is 28.0. The highest BCUT2D eigenvalue weighted by molar-refractivity contribution is 7.89. The monoisotopic (exact) mass is 592 g/mol. The highest BCUT2D eigenvalue weighted by Crippen LogP contribution is 2.34. The van der Waals surface area contributed by atoms with E-state index in [0.29, 0.717) is 35.4 Å². The first kappa shape index (κ1) is 29.9. The van der Waals surface area contributed by atoms with Crippen LogP contribution in [0, 0.1) is 6.92 Å². The smallest absolute Gasteiger partial charge is 0.260 e. The zero-order valence-electron chi connectivity index (χ0n) is 22.9. The van der Waals surface area contributed by atoms with Crippen LogP contribution in [-0.2, 0) is 14.8 Å². The number of carbonyl (C=O) groups excluding carboxylic acids is 1. The summed E-state index contributed by atoms with van der Waals surface area (Å²) in [6.07, 6.45) is 2.49. The van der Waals surface area contributed by atoms with E-state index in [1.54, 1.807) is 17.0 Å². The van der Waals surface area contributed by atoms with Gasteiger partial charge in [0.15, 0.2) is 5.13 Å². The number of hydrogen-bond acceptors (Lipinski definition) is 7. The lowest BCUT2D eigenvalue weighted by molar-refractivity contribution is 0.0376. The lowest BCUT2D eigenvalue weighted by Crippen LogP contribution is -2.39. The summed E-state index contributed by atoms with van der Waals surface area (Å²) in [7, 11) is -3.62. The Hall–Kier alpha value is -2.08. The van der Waals surface area contributed by atoms with Gasteiger partial charge in [-0.25, -0.2) is 13.4 Å². The van der Waals surface area contributed by atoms with E-state index in [2.05, 4.69) is 4.90 Å². The highest BCUT2D eigenvalue weighted by atomic mass is 35.5. The minimum atomic E-state index is -3.62. The third kappa shape index (κ3) is 6.99. The van der Waals surface area contributed by atoms with Crippen molar-refractivity contribution >= 4 is 54.2 Å². The van der Waals surface area contributed by atoms with Gasteiger partial charge in [0.25, 0.3) is 5.91 Å². The second-order valence-corrected chi connectivity index (χ2v) is 13.0. The lowest BCUT2D eigenvalue weighted by atomic mass is 10.2. The van der Waals surface area contributed by atoms with Crippen LogP contribution in [0.25, 0.3) is 10.2 Å². The van der Waals surface area contributed by atoms with Crippen molar-refractivity contribution in [1.82, 2.24) is 14.2 Å². The number of aromatic nitrogens is 1. The minimum absolute atomic E-state index is 0.195. The fraction of sp³-hybridized carbons (Fsp3) is 0.500. The number of carbonyl (C=O) groups is 1. The molecule has 0 N–H and O–H groups in total. The maximum absolute atomic E-state index is 13.8. The average molecular weight is 593 g/mol. The molecule has 0 spiro atoms. The van der Waals surface area contributed by atoms with Crippen molar-refractivity contribution in [2.75, 3.05) is 57.4 Å². The standard InChI is InChI=1S/C28H37ClN4O4S2/c1-4-6-15-32(5-2)39(35,36)23-10-8-22(9-11-23)27(34)33(16-7-14-31-17-19-37-20-18-31)28-30-26-21(3)24(29)12-13-25(26)38-28/h8-13H,4-7,14-20H2,1-3H3. The van der Waals surface area contributed by atoms with Gasteiger partial charge in [0, 0.05) is 49.9 Å². The van der Waals surface area contributed by atoms with Gasteiger partial charge in [0.1, 0.15) is 0 Å². The van der Waals surface area contributed by atoms with E-state index in [9.17, 15) is 13.2 Å². The topological polar surface area (TPSA) is 83.1 Å². The predicted molar refractivity (Wildman–Crippen MR) is 159 cm³/mol. The molecule has 8 nitrogen and oxygen atoms in total. The van der Waals surface area contributed by atoms with Crippen LogP contribution >= 0.6 is 22.9 Å². The van der Waals surface area contributed by atoms with Crippen LogP contribution in [0.3, 0.4) is 0 Å². The van der Waals surface area contributed by atoms with Crippen molar-refractivity contribution in [3.8, 4) is 0 Å². The number of morpholine rings is 1. The van der Waals surface area contributed by atoms with Crippen LogP contribution in [-0.4, -0.2) is 81.0 Å². The highest BCUT2D eigenvalue weighted by Gasteiger charge is 2.25. The molecule has 3 aromatic rings. The van der Waals surface area contributed by atoms with E-state index >= 15 is 0 Å². The second-order valence-electron chi connectivity index (χ2n) is 9.65. The number of anilines is 1. The van der Waals surface area contributed by atoms with E-state index in [1.807, 2.05) is 32.9 Å². The number of thiazole rings is 1. The molecule has 1 saturated heterocycles. The molecule has 39 heavy (non-hydrogen) atoms. The normalized spacial score (nSPS) is 14.8. The average Bonchev–Trinajstić information content (AvgIpc) is 3.38. The minimum Gasteiger partial charge on any atom is -0.379 e. The maximum Gasteiger partial charge on any atom is 0.260 e. The van der Waals surface area contributed by atoms with Gasteiger partial charge in [-0.3, -0.25) is 14.6 Å². The van der Waals surface area contributed by atoms with Crippen LogP contribution in [0.1, 0.15) is 49.0 Å². The number of nitrogens with zero attached hydrogens (tertiary/aromatic N) is 4. The molecule has 0 radical (unpaired) electrons. The quantitative estimate of drug-likeness (QED) is 0.279. The Morgan fingerprint density at radius 3 is 2.46 bits per heavy atom. The first-order valence-electron chi connectivity index (χ1n) is 13.5. The Morgan fingerprint density at radius 1 is 1.08 bits per heavy atom. The summed E-state index contributed by atoms with van der Waals surface area (Å²) in [5.41, 5.74) is 2.10. The summed E-state index contributed by atoms with van der Waals surface area (Å²) < 4.78 is 34.2. The molecule has 0 aliphatic carbocycles. The predicted octanol–water partition coefficient (Wildman–Crippen LogP) is 5.44. The van der Waals surface area contributed by atoms with Crippen LogP contribution < -0.4 is 4.90 Å². The van der Waals surface area contributed by atoms with Gasteiger partial charge in [0.05, 0.1) is 28.3 Å². The largest absolute Gasteiger partial charge is 0.379 e. The molecule has 1 aliphatic rings. The number of amides is 1. The molecule has 1 fully saturated rings. The number of hydrogen-bond donors (Lipinski definition) is 0. The molecule has 2 aromatic carbocycles. The van der Waals surface area contributed by atoms with Gasteiger partial charge in [-0.1, -0.05) is 43.2 Å². The number of sulfonamides is 1. The van der Waals surface area contributed by atoms with Gasteiger partial charge in [-0.2, -0.15) is 4.31 Å². The molecule has 0 unspecified atom stereocenters. The summed E-state index contributed by atoms with van der Waals surface area (Å²) in [6.45, 7) is 11.3. The molecule has 1 amide bonds. The van der Waals surface area contributed by atoms with Gasteiger partial charge in [0.2, 0.25) is 10.0 Å². The van der Waals surface area contributed by atoms with E-state index in [4.69, 9.17) is 21.3 Å². The van der Waals surface area contributed by atoms with Crippen molar-refractivity contribution in [2.45, 2.75) is 44.9 Å². The summed E-state index contributed by atoms with van der Waals surface area (Å²) in [5, 5.41) is 1.25. The van der Waals surface area contributed by atoms with E-state index in [1.165, 1.54) is 27.8 Å². The van der Waals surface area contributed by atoms with Crippen LogP contribution in [0.15, 0.2) is 41.3 Å². The van der Waals surface area contributed by atoms with E-state index in [-0.39, 0.29) is 10.8 Å². The van der Waals surface area contributed by atoms with Crippen molar-refractivity contribution in [1.29, 1.82) is 0 Å². The van der Waals surface area contributed by atoms with Gasteiger partial charge >= 0.3 is 0 Å². The summed E-state index contributed by atoms with van der Waals surface area (Å²) in [5.74, 6) is -0.206. The number of benzene rings is 2. The number of fused-ring (bicyclic) bond motifs is 1. The Balaban J connectivity index is 1.59. The van der Waals surface area contributed by atoms with Crippen LogP contribution in [0.4, 0.5) is 5.13 Å². The molecule has 0 saturated carbocycles. The summed E-state index contributed by atoms with van der Waals surface area (Å²) in [6, 6.07) is 10.1. The molecule has 2 heterocycles.